The van der Waals surface area contributed by atoms with Gasteiger partial charge in [0.05, 0.1) is 6.61 Å². The van der Waals surface area contributed by atoms with Crippen molar-refractivity contribution in [1.82, 2.24) is 0 Å². The van der Waals surface area contributed by atoms with E-state index >= 15 is 0 Å². The minimum atomic E-state index is -2.05. The second-order valence-electron chi connectivity index (χ2n) is 3.46. The molecule has 0 heterocycles. The van der Waals surface area contributed by atoms with Crippen molar-refractivity contribution >= 4 is 40.6 Å². The van der Waals surface area contributed by atoms with E-state index in [0.29, 0.717) is 6.61 Å². The standard InChI is InChI=1S/C7H18NOPS3/c1-5-9-10(8,11)13-6-12-7(2,3)4/h5-6H2,1-4H3,(H2,8,11). The van der Waals surface area contributed by atoms with Crippen molar-refractivity contribution in [3.63, 3.8) is 0 Å². The Balaban J connectivity index is 3.70. The van der Waals surface area contributed by atoms with Gasteiger partial charge in [-0.1, -0.05) is 32.2 Å². The molecule has 0 aliphatic carbocycles. The molecule has 0 aliphatic heterocycles. The zero-order chi connectivity index (χ0) is 10.5. The molecule has 0 spiro atoms. The molecule has 0 radical (unpaired) electrons. The average Bonchev–Trinajstić information content (AvgIpc) is 1.82. The quantitative estimate of drug-likeness (QED) is 0.604. The van der Waals surface area contributed by atoms with Crippen LogP contribution in [0.15, 0.2) is 0 Å². The van der Waals surface area contributed by atoms with Gasteiger partial charge in [0, 0.05) is 9.83 Å². The van der Waals surface area contributed by atoms with E-state index in [9.17, 15) is 0 Å². The summed E-state index contributed by atoms with van der Waals surface area (Å²) in [7, 11) is 0. The maximum absolute atomic E-state index is 5.81. The maximum atomic E-state index is 5.81. The number of hydrogen-bond donors (Lipinski definition) is 1. The highest BCUT2D eigenvalue weighted by Crippen LogP contribution is 2.54. The molecule has 0 aromatic heterocycles. The number of thioether (sulfide) groups is 1. The molecule has 80 valence electrons. The highest BCUT2D eigenvalue weighted by Gasteiger charge is 2.15. The minimum absolute atomic E-state index is 0.272. The molecule has 0 aromatic rings. The third-order valence-corrected chi connectivity index (χ3v) is 7.38. The fourth-order valence-corrected chi connectivity index (χ4v) is 6.96. The van der Waals surface area contributed by atoms with Crippen molar-refractivity contribution in [1.29, 1.82) is 0 Å². The molecule has 2 nitrogen and oxygen atoms in total. The highest BCUT2D eigenvalue weighted by molar-refractivity contribution is 8.70. The Kier molecular flexibility index (Phi) is 6.57. The topological polar surface area (TPSA) is 35.2 Å². The van der Waals surface area contributed by atoms with E-state index in [1.54, 1.807) is 11.4 Å². The summed E-state index contributed by atoms with van der Waals surface area (Å²) in [5.74, 6) is 0. The Morgan fingerprint density at radius 3 is 2.38 bits per heavy atom. The van der Waals surface area contributed by atoms with Crippen LogP contribution in [0.2, 0.25) is 0 Å². The second kappa shape index (κ2) is 5.99. The van der Waals surface area contributed by atoms with Gasteiger partial charge < -0.3 is 4.52 Å². The van der Waals surface area contributed by atoms with Crippen molar-refractivity contribution < 1.29 is 4.52 Å². The minimum Gasteiger partial charge on any atom is -0.331 e. The second-order valence-corrected chi connectivity index (χ2v) is 12.2. The molecule has 0 aliphatic rings. The number of rotatable bonds is 5. The lowest BCUT2D eigenvalue weighted by atomic mass is 10.3. The monoisotopic (exact) mass is 259 g/mol. The molecule has 0 saturated carbocycles. The van der Waals surface area contributed by atoms with Gasteiger partial charge in [0.2, 0.25) is 0 Å². The molecule has 1 unspecified atom stereocenters. The van der Waals surface area contributed by atoms with E-state index in [1.807, 2.05) is 18.7 Å². The number of nitrogens with two attached hydrogens (primary N) is 1. The summed E-state index contributed by atoms with van der Waals surface area (Å²) in [5, 5.41) is 0.914. The highest BCUT2D eigenvalue weighted by atomic mass is 32.9. The summed E-state index contributed by atoms with van der Waals surface area (Å²) < 4.78 is 5.57. The van der Waals surface area contributed by atoms with E-state index in [4.69, 9.17) is 21.8 Å². The van der Waals surface area contributed by atoms with Crippen molar-refractivity contribution in [3.05, 3.63) is 0 Å². The molecule has 13 heavy (non-hydrogen) atoms. The molecule has 6 heteroatoms. The molecule has 2 N–H and O–H groups in total. The van der Waals surface area contributed by atoms with E-state index in [1.165, 1.54) is 0 Å². The smallest absolute Gasteiger partial charge is 0.183 e. The Labute approximate surface area is 94.6 Å². The van der Waals surface area contributed by atoms with E-state index in [0.717, 1.165) is 5.08 Å². The Hall–Kier alpha value is 1.27. The summed E-state index contributed by atoms with van der Waals surface area (Å²) in [4.78, 5) is 0. The summed E-state index contributed by atoms with van der Waals surface area (Å²) in [6.45, 7) is 9.07. The van der Waals surface area contributed by atoms with Crippen LogP contribution in [0, 0.1) is 0 Å². The molecule has 0 amide bonds. The lowest BCUT2D eigenvalue weighted by Crippen LogP contribution is -2.07. The van der Waals surface area contributed by atoms with Crippen molar-refractivity contribution in [2.24, 2.45) is 5.50 Å². The fourth-order valence-electron chi connectivity index (χ4n) is 0.494. The van der Waals surface area contributed by atoms with Crippen LogP contribution in [-0.4, -0.2) is 16.4 Å². The van der Waals surface area contributed by atoms with Gasteiger partial charge in [-0.2, -0.15) is 0 Å². The van der Waals surface area contributed by atoms with Gasteiger partial charge in [-0.05, 0) is 18.7 Å². The molecule has 0 aromatic carbocycles. The maximum Gasteiger partial charge on any atom is 0.183 e. The van der Waals surface area contributed by atoms with Gasteiger partial charge in [0.1, 0.15) is 0 Å². The normalized spacial score (nSPS) is 17.0. The molecule has 0 bridgehead atoms. The van der Waals surface area contributed by atoms with Gasteiger partial charge in [-0.3, -0.25) is 5.50 Å². The molecular weight excluding hydrogens is 241 g/mol. The zero-order valence-corrected chi connectivity index (χ0v) is 11.9. The molecular formula is C7H18NOPS3. The SMILES string of the molecule is CCOP(N)(=S)SCSC(C)(C)C. The van der Waals surface area contributed by atoms with Crippen LogP contribution in [0.3, 0.4) is 0 Å². The largest absolute Gasteiger partial charge is 0.331 e. The predicted octanol–water partition coefficient (Wildman–Crippen LogP) is 3.43. The lowest BCUT2D eigenvalue weighted by Gasteiger charge is -2.20. The van der Waals surface area contributed by atoms with E-state index < -0.39 is 5.62 Å². The van der Waals surface area contributed by atoms with E-state index in [2.05, 4.69) is 20.8 Å². The van der Waals surface area contributed by atoms with Gasteiger partial charge in [-0.25, -0.2) is 0 Å². The molecule has 0 saturated heterocycles. The van der Waals surface area contributed by atoms with Gasteiger partial charge >= 0.3 is 0 Å². The Bertz CT molecular complexity index is 193. The van der Waals surface area contributed by atoms with Crippen molar-refractivity contribution in [2.75, 3.05) is 11.7 Å². The average molecular weight is 259 g/mol. The lowest BCUT2D eigenvalue weighted by molar-refractivity contribution is 0.385. The third-order valence-electron chi connectivity index (χ3n) is 1.03. The molecule has 0 rings (SSSR count). The Morgan fingerprint density at radius 2 is 2.00 bits per heavy atom. The fraction of sp³-hybridized carbons (Fsp3) is 1.00. The van der Waals surface area contributed by atoms with Crippen LogP contribution in [0.5, 0.6) is 0 Å². The van der Waals surface area contributed by atoms with Crippen LogP contribution in [0.1, 0.15) is 27.7 Å². The van der Waals surface area contributed by atoms with Crippen molar-refractivity contribution in [2.45, 2.75) is 32.4 Å². The third kappa shape index (κ3) is 9.57. The first-order valence-corrected chi connectivity index (χ1v) is 9.45. The van der Waals surface area contributed by atoms with Gasteiger partial charge in [0.15, 0.2) is 5.62 Å². The summed E-state index contributed by atoms with van der Waals surface area (Å²) in [5.41, 5.74) is 3.76. The van der Waals surface area contributed by atoms with Crippen LogP contribution in [-0.2, 0) is 16.3 Å². The first kappa shape index (κ1) is 14.3. The summed E-state index contributed by atoms with van der Waals surface area (Å²) in [6.07, 6.45) is 0. The summed E-state index contributed by atoms with van der Waals surface area (Å²) >= 11 is 8.57. The van der Waals surface area contributed by atoms with Crippen LogP contribution in [0.25, 0.3) is 0 Å². The zero-order valence-electron chi connectivity index (χ0n) is 8.57. The first-order valence-electron chi connectivity index (χ1n) is 4.08. The summed E-state index contributed by atoms with van der Waals surface area (Å²) in [6, 6.07) is 0. The first-order chi connectivity index (χ1) is 5.77. The Morgan fingerprint density at radius 1 is 1.46 bits per heavy atom. The van der Waals surface area contributed by atoms with Crippen LogP contribution < -0.4 is 5.50 Å². The molecule has 1 atom stereocenters. The number of hydrogen-bond acceptors (Lipinski definition) is 4. The van der Waals surface area contributed by atoms with Gasteiger partial charge in [-0.15, -0.1) is 11.8 Å². The van der Waals surface area contributed by atoms with Crippen LogP contribution >= 0.6 is 28.8 Å². The predicted molar refractivity (Wildman–Crippen MR) is 69.9 cm³/mol. The van der Waals surface area contributed by atoms with Crippen molar-refractivity contribution in [3.8, 4) is 0 Å². The molecule has 0 fully saturated rings. The van der Waals surface area contributed by atoms with E-state index in [-0.39, 0.29) is 4.75 Å². The van der Waals surface area contributed by atoms with Gasteiger partial charge in [0.25, 0.3) is 0 Å². The van der Waals surface area contributed by atoms with Crippen LogP contribution in [0.4, 0.5) is 0 Å².